The van der Waals surface area contributed by atoms with Gasteiger partial charge in [-0.3, -0.25) is 4.98 Å². The van der Waals surface area contributed by atoms with Crippen LogP contribution in [0, 0.1) is 0 Å². The van der Waals surface area contributed by atoms with E-state index < -0.39 is 0 Å². The highest BCUT2D eigenvalue weighted by Gasteiger charge is 2.08. The lowest BCUT2D eigenvalue weighted by atomic mass is 10.1. The average Bonchev–Trinajstić information content (AvgIpc) is 2.46. The number of fused-ring (bicyclic) bond motifs is 1. The molecular formula is C16H12Br2N2O. The molecule has 2 aromatic carbocycles. The molecule has 1 heterocycles. The summed E-state index contributed by atoms with van der Waals surface area (Å²) >= 11 is 6.93. The monoisotopic (exact) mass is 406 g/mol. The fourth-order valence-electron chi connectivity index (χ4n) is 2.09. The van der Waals surface area contributed by atoms with E-state index in [-0.39, 0.29) is 0 Å². The van der Waals surface area contributed by atoms with Gasteiger partial charge >= 0.3 is 0 Å². The summed E-state index contributed by atoms with van der Waals surface area (Å²) in [5.74, 6) is 0.746. The molecule has 0 unspecified atom stereocenters. The van der Waals surface area contributed by atoms with Crippen LogP contribution in [0.4, 0.5) is 5.69 Å². The first-order valence-electron chi connectivity index (χ1n) is 6.34. The van der Waals surface area contributed by atoms with Gasteiger partial charge in [0.05, 0.1) is 14.5 Å². The van der Waals surface area contributed by atoms with Crippen LogP contribution in [0.3, 0.4) is 0 Å². The normalized spacial score (nSPS) is 10.8. The van der Waals surface area contributed by atoms with Crippen molar-refractivity contribution in [2.75, 3.05) is 5.73 Å². The van der Waals surface area contributed by atoms with Crippen molar-refractivity contribution in [3.8, 4) is 5.75 Å². The summed E-state index contributed by atoms with van der Waals surface area (Å²) in [6, 6.07) is 13.7. The maximum absolute atomic E-state index is 5.89. The molecule has 0 atom stereocenters. The first-order chi connectivity index (χ1) is 10.1. The lowest BCUT2D eigenvalue weighted by molar-refractivity contribution is 0.302. The molecule has 0 fully saturated rings. The van der Waals surface area contributed by atoms with Crippen molar-refractivity contribution in [1.82, 2.24) is 4.98 Å². The highest BCUT2D eigenvalue weighted by atomic mass is 79.9. The van der Waals surface area contributed by atoms with E-state index in [0.717, 1.165) is 31.2 Å². The van der Waals surface area contributed by atoms with Crippen molar-refractivity contribution in [2.24, 2.45) is 0 Å². The predicted molar refractivity (Wildman–Crippen MR) is 92.3 cm³/mol. The van der Waals surface area contributed by atoms with Gasteiger partial charge in [-0.15, -0.1) is 0 Å². The second-order valence-corrected chi connectivity index (χ2v) is 6.34. The van der Waals surface area contributed by atoms with Crippen LogP contribution in [-0.4, -0.2) is 4.98 Å². The van der Waals surface area contributed by atoms with Crippen molar-refractivity contribution in [3.05, 3.63) is 63.2 Å². The zero-order chi connectivity index (χ0) is 14.8. The van der Waals surface area contributed by atoms with Crippen LogP contribution in [0.25, 0.3) is 10.9 Å². The molecule has 0 amide bonds. The predicted octanol–water partition coefficient (Wildman–Crippen LogP) is 4.92. The van der Waals surface area contributed by atoms with Crippen LogP contribution in [0.5, 0.6) is 5.75 Å². The summed E-state index contributed by atoms with van der Waals surface area (Å²) in [6.45, 7) is 0.478. The van der Waals surface area contributed by atoms with Crippen molar-refractivity contribution in [3.63, 3.8) is 0 Å². The molecule has 5 heteroatoms. The summed E-state index contributed by atoms with van der Waals surface area (Å²) in [5, 5.41) is 1.11. The van der Waals surface area contributed by atoms with Gasteiger partial charge in [-0.25, -0.2) is 0 Å². The Kier molecular flexibility index (Phi) is 4.12. The number of rotatable bonds is 3. The van der Waals surface area contributed by atoms with Gasteiger partial charge in [0.15, 0.2) is 0 Å². The molecule has 3 nitrogen and oxygen atoms in total. The number of nitrogens with zero attached hydrogens (tertiary/aromatic N) is 1. The van der Waals surface area contributed by atoms with E-state index in [1.807, 2.05) is 36.4 Å². The fourth-order valence-corrected chi connectivity index (χ4v) is 3.54. The Morgan fingerprint density at radius 3 is 2.57 bits per heavy atom. The summed E-state index contributed by atoms with van der Waals surface area (Å²) in [4.78, 5) is 4.31. The number of ether oxygens (including phenoxy) is 1. The largest absolute Gasteiger partial charge is 0.487 e. The molecule has 0 aliphatic rings. The number of pyridine rings is 1. The number of hydrogen-bond donors (Lipinski definition) is 1. The Balaban J connectivity index is 1.83. The molecule has 0 bridgehead atoms. The van der Waals surface area contributed by atoms with Crippen LogP contribution in [0.2, 0.25) is 0 Å². The van der Waals surface area contributed by atoms with Crippen molar-refractivity contribution in [2.45, 2.75) is 6.61 Å². The molecule has 3 aromatic rings. The SMILES string of the molecule is Nc1cc(Br)c(OCc2ccc3ncccc3c2)c(Br)c1. The minimum atomic E-state index is 0.478. The van der Waals surface area contributed by atoms with E-state index in [9.17, 15) is 0 Å². The molecule has 106 valence electrons. The number of hydrogen-bond acceptors (Lipinski definition) is 3. The highest BCUT2D eigenvalue weighted by Crippen LogP contribution is 2.36. The third kappa shape index (κ3) is 3.19. The van der Waals surface area contributed by atoms with E-state index in [2.05, 4.69) is 42.9 Å². The summed E-state index contributed by atoms with van der Waals surface area (Å²) in [6.07, 6.45) is 1.79. The van der Waals surface area contributed by atoms with Gasteiger partial charge in [0.25, 0.3) is 0 Å². The quantitative estimate of drug-likeness (QED) is 0.626. The van der Waals surface area contributed by atoms with Crippen molar-refractivity contribution >= 4 is 48.5 Å². The Labute approximate surface area is 139 Å². The molecule has 2 N–H and O–H groups in total. The molecule has 0 saturated heterocycles. The maximum Gasteiger partial charge on any atom is 0.148 e. The zero-order valence-corrected chi connectivity index (χ0v) is 14.2. The van der Waals surface area contributed by atoms with Gasteiger partial charge in [0.1, 0.15) is 12.4 Å². The van der Waals surface area contributed by atoms with Crippen molar-refractivity contribution in [1.29, 1.82) is 0 Å². The molecule has 0 aliphatic heterocycles. The first kappa shape index (κ1) is 14.4. The topological polar surface area (TPSA) is 48.1 Å². The van der Waals surface area contributed by atoms with Crippen LogP contribution < -0.4 is 10.5 Å². The smallest absolute Gasteiger partial charge is 0.148 e. The zero-order valence-electron chi connectivity index (χ0n) is 11.0. The molecule has 21 heavy (non-hydrogen) atoms. The van der Waals surface area contributed by atoms with Crippen LogP contribution in [-0.2, 0) is 6.61 Å². The van der Waals surface area contributed by atoms with Gasteiger partial charge in [0, 0.05) is 17.3 Å². The van der Waals surface area contributed by atoms with E-state index in [4.69, 9.17) is 10.5 Å². The second-order valence-electron chi connectivity index (χ2n) is 4.63. The molecule has 0 saturated carbocycles. The molecule has 0 radical (unpaired) electrons. The van der Waals surface area contributed by atoms with Crippen molar-refractivity contribution < 1.29 is 4.74 Å². The van der Waals surface area contributed by atoms with Crippen LogP contribution >= 0.6 is 31.9 Å². The highest BCUT2D eigenvalue weighted by molar-refractivity contribution is 9.11. The number of anilines is 1. The minimum absolute atomic E-state index is 0.478. The van der Waals surface area contributed by atoms with Crippen LogP contribution in [0.15, 0.2) is 57.6 Å². The average molecular weight is 408 g/mol. The third-order valence-corrected chi connectivity index (χ3v) is 4.25. The third-order valence-electron chi connectivity index (χ3n) is 3.07. The Morgan fingerprint density at radius 2 is 1.81 bits per heavy atom. The lowest BCUT2D eigenvalue weighted by Gasteiger charge is -2.11. The van der Waals surface area contributed by atoms with E-state index in [1.54, 1.807) is 6.20 Å². The van der Waals surface area contributed by atoms with Gasteiger partial charge < -0.3 is 10.5 Å². The number of aromatic nitrogens is 1. The Hall–Kier alpha value is -1.59. The Morgan fingerprint density at radius 1 is 1.05 bits per heavy atom. The van der Waals surface area contributed by atoms with Gasteiger partial charge in [-0.2, -0.15) is 0 Å². The summed E-state index contributed by atoms with van der Waals surface area (Å²) < 4.78 is 7.55. The first-order valence-corrected chi connectivity index (χ1v) is 7.93. The molecule has 1 aromatic heterocycles. The molecular weight excluding hydrogens is 396 g/mol. The molecule has 0 aliphatic carbocycles. The fraction of sp³-hybridized carbons (Fsp3) is 0.0625. The van der Waals surface area contributed by atoms with E-state index in [0.29, 0.717) is 12.3 Å². The number of benzene rings is 2. The summed E-state index contributed by atoms with van der Waals surface area (Å²) in [5.41, 5.74) is 8.53. The summed E-state index contributed by atoms with van der Waals surface area (Å²) in [7, 11) is 0. The standard InChI is InChI=1S/C16H12Br2N2O/c17-13-7-12(19)8-14(18)16(13)21-9-10-3-4-15-11(6-10)2-1-5-20-15/h1-8H,9,19H2. The van der Waals surface area contributed by atoms with Gasteiger partial charge in [0.2, 0.25) is 0 Å². The lowest BCUT2D eigenvalue weighted by Crippen LogP contribution is -1.98. The Bertz CT molecular complexity index is 782. The second kappa shape index (κ2) is 6.03. The molecule has 3 rings (SSSR count). The van der Waals surface area contributed by atoms with Gasteiger partial charge in [-0.1, -0.05) is 12.1 Å². The van der Waals surface area contributed by atoms with E-state index >= 15 is 0 Å². The number of nitrogens with two attached hydrogens (primary N) is 1. The number of nitrogen functional groups attached to an aromatic ring is 1. The maximum atomic E-state index is 5.89. The number of halogens is 2. The minimum Gasteiger partial charge on any atom is -0.487 e. The van der Waals surface area contributed by atoms with Crippen LogP contribution in [0.1, 0.15) is 5.56 Å². The van der Waals surface area contributed by atoms with Gasteiger partial charge in [-0.05, 0) is 67.8 Å². The van der Waals surface area contributed by atoms with E-state index in [1.165, 1.54) is 0 Å². The molecule has 0 spiro atoms.